The SMILES string of the molecule is COc1ccc(CNc2cnn(-c3ccc([N+](=O)[O-])cc3)c(=O)c2Cl)cc1C. The van der Waals surface area contributed by atoms with Gasteiger partial charge < -0.3 is 10.1 Å². The van der Waals surface area contributed by atoms with Crippen molar-refractivity contribution >= 4 is 23.0 Å². The Morgan fingerprint density at radius 3 is 2.57 bits per heavy atom. The van der Waals surface area contributed by atoms with Crippen molar-refractivity contribution in [2.45, 2.75) is 13.5 Å². The van der Waals surface area contributed by atoms with Gasteiger partial charge in [-0.2, -0.15) is 9.78 Å². The van der Waals surface area contributed by atoms with E-state index < -0.39 is 10.5 Å². The van der Waals surface area contributed by atoms with Crippen molar-refractivity contribution in [1.29, 1.82) is 0 Å². The molecule has 3 aromatic rings. The van der Waals surface area contributed by atoms with Gasteiger partial charge in [-0.25, -0.2) is 0 Å². The molecule has 28 heavy (non-hydrogen) atoms. The molecule has 0 aliphatic heterocycles. The number of hydrogen-bond acceptors (Lipinski definition) is 6. The summed E-state index contributed by atoms with van der Waals surface area (Å²) in [5, 5.41) is 17.9. The van der Waals surface area contributed by atoms with Gasteiger partial charge in [-0.3, -0.25) is 14.9 Å². The average Bonchev–Trinajstić information content (AvgIpc) is 2.69. The maximum atomic E-state index is 12.5. The number of hydrogen-bond donors (Lipinski definition) is 1. The second-order valence-corrected chi connectivity index (χ2v) is 6.40. The summed E-state index contributed by atoms with van der Waals surface area (Å²) in [6, 6.07) is 11.2. The van der Waals surface area contributed by atoms with Gasteiger partial charge in [-0.05, 0) is 36.2 Å². The van der Waals surface area contributed by atoms with Gasteiger partial charge in [0.05, 0.1) is 29.6 Å². The summed E-state index contributed by atoms with van der Waals surface area (Å²) in [7, 11) is 1.62. The van der Waals surface area contributed by atoms with Crippen LogP contribution >= 0.6 is 11.6 Å². The van der Waals surface area contributed by atoms with E-state index in [4.69, 9.17) is 16.3 Å². The van der Waals surface area contributed by atoms with Crippen LogP contribution < -0.4 is 15.6 Å². The first-order chi connectivity index (χ1) is 13.4. The van der Waals surface area contributed by atoms with Crippen LogP contribution in [-0.4, -0.2) is 21.8 Å². The Bertz CT molecular complexity index is 1080. The lowest BCUT2D eigenvalue weighted by Crippen LogP contribution is -2.22. The number of nitrogens with zero attached hydrogens (tertiary/aromatic N) is 3. The Hall–Kier alpha value is -3.39. The smallest absolute Gasteiger partial charge is 0.292 e. The summed E-state index contributed by atoms with van der Waals surface area (Å²) >= 11 is 6.21. The second kappa shape index (κ2) is 8.10. The number of nitrogens with one attached hydrogen (secondary N) is 1. The molecule has 8 nitrogen and oxygen atoms in total. The van der Waals surface area contributed by atoms with Gasteiger partial charge in [-0.15, -0.1) is 0 Å². The van der Waals surface area contributed by atoms with Crippen molar-refractivity contribution < 1.29 is 9.66 Å². The van der Waals surface area contributed by atoms with Crippen LogP contribution in [0, 0.1) is 17.0 Å². The summed E-state index contributed by atoms with van der Waals surface area (Å²) in [6.07, 6.45) is 1.45. The summed E-state index contributed by atoms with van der Waals surface area (Å²) in [4.78, 5) is 22.8. The molecule has 0 spiro atoms. The first kappa shape index (κ1) is 19.4. The van der Waals surface area contributed by atoms with Crippen LogP contribution in [0.2, 0.25) is 5.02 Å². The molecule has 1 aromatic heterocycles. The Labute approximate surface area is 165 Å². The molecular formula is C19H17ClN4O4. The lowest BCUT2D eigenvalue weighted by molar-refractivity contribution is -0.384. The molecule has 0 fully saturated rings. The number of rotatable bonds is 6. The molecule has 0 saturated heterocycles. The topological polar surface area (TPSA) is 99.3 Å². The van der Waals surface area contributed by atoms with Crippen molar-refractivity contribution in [2.75, 3.05) is 12.4 Å². The number of methoxy groups -OCH3 is 1. The maximum Gasteiger partial charge on any atom is 0.292 e. The molecule has 0 aliphatic rings. The van der Waals surface area contributed by atoms with E-state index in [1.165, 1.54) is 30.5 Å². The minimum atomic E-state index is -0.522. The third kappa shape index (κ3) is 3.96. The van der Waals surface area contributed by atoms with Crippen LogP contribution in [0.3, 0.4) is 0 Å². The molecule has 0 saturated carbocycles. The normalized spacial score (nSPS) is 10.5. The van der Waals surface area contributed by atoms with Gasteiger partial charge in [0.1, 0.15) is 10.8 Å². The Kier molecular flexibility index (Phi) is 5.60. The minimum absolute atomic E-state index is 0.0152. The zero-order valence-corrected chi connectivity index (χ0v) is 15.9. The molecule has 1 heterocycles. The lowest BCUT2D eigenvalue weighted by Gasteiger charge is -2.11. The van der Waals surface area contributed by atoms with Crippen molar-refractivity contribution in [1.82, 2.24) is 9.78 Å². The van der Waals surface area contributed by atoms with Crippen LogP contribution in [0.1, 0.15) is 11.1 Å². The average molecular weight is 401 g/mol. The maximum absolute atomic E-state index is 12.5. The zero-order valence-electron chi connectivity index (χ0n) is 15.2. The predicted octanol–water partition coefficient (Wildman–Crippen LogP) is 3.72. The van der Waals surface area contributed by atoms with E-state index in [1.54, 1.807) is 7.11 Å². The molecular weight excluding hydrogens is 384 g/mol. The first-order valence-electron chi connectivity index (χ1n) is 8.30. The molecule has 144 valence electrons. The fourth-order valence-electron chi connectivity index (χ4n) is 2.70. The van der Waals surface area contributed by atoms with Crippen molar-refractivity contribution in [2.24, 2.45) is 0 Å². The lowest BCUT2D eigenvalue weighted by atomic mass is 10.1. The van der Waals surface area contributed by atoms with Crippen LogP contribution in [-0.2, 0) is 6.54 Å². The monoisotopic (exact) mass is 400 g/mol. The molecule has 3 rings (SSSR count). The molecule has 0 radical (unpaired) electrons. The van der Waals surface area contributed by atoms with Gasteiger partial charge in [0, 0.05) is 18.7 Å². The molecule has 0 aliphatic carbocycles. The number of aromatic nitrogens is 2. The molecule has 0 amide bonds. The fraction of sp³-hybridized carbons (Fsp3) is 0.158. The zero-order chi connectivity index (χ0) is 20.3. The highest BCUT2D eigenvalue weighted by Crippen LogP contribution is 2.21. The molecule has 0 bridgehead atoms. The van der Waals surface area contributed by atoms with E-state index in [-0.39, 0.29) is 10.7 Å². The number of benzene rings is 2. The number of non-ortho nitro benzene ring substituents is 1. The Morgan fingerprint density at radius 1 is 1.25 bits per heavy atom. The largest absolute Gasteiger partial charge is 0.496 e. The van der Waals surface area contributed by atoms with Gasteiger partial charge in [-0.1, -0.05) is 23.7 Å². The second-order valence-electron chi connectivity index (χ2n) is 6.02. The number of anilines is 1. The van der Waals surface area contributed by atoms with Crippen molar-refractivity contribution in [3.8, 4) is 11.4 Å². The summed E-state index contributed by atoms with van der Waals surface area (Å²) < 4.78 is 6.33. The highest BCUT2D eigenvalue weighted by atomic mass is 35.5. The van der Waals surface area contributed by atoms with Crippen molar-refractivity contribution in [3.63, 3.8) is 0 Å². The Balaban J connectivity index is 1.81. The number of nitro groups is 1. The quantitative estimate of drug-likeness (QED) is 0.500. The highest BCUT2D eigenvalue weighted by molar-refractivity contribution is 6.32. The Morgan fingerprint density at radius 2 is 1.96 bits per heavy atom. The van der Waals surface area contributed by atoms with E-state index in [0.29, 0.717) is 17.9 Å². The summed E-state index contributed by atoms with van der Waals surface area (Å²) in [5.74, 6) is 0.800. The summed E-state index contributed by atoms with van der Waals surface area (Å²) in [5.41, 5.74) is 2.18. The molecule has 9 heteroatoms. The molecule has 1 N–H and O–H groups in total. The summed E-state index contributed by atoms with van der Waals surface area (Å²) in [6.45, 7) is 2.40. The fourth-order valence-corrected chi connectivity index (χ4v) is 2.90. The van der Waals surface area contributed by atoms with Crippen LogP contribution in [0.4, 0.5) is 11.4 Å². The molecule has 2 aromatic carbocycles. The van der Waals surface area contributed by atoms with Crippen LogP contribution in [0.25, 0.3) is 5.69 Å². The third-order valence-corrected chi connectivity index (χ3v) is 4.53. The van der Waals surface area contributed by atoms with E-state index >= 15 is 0 Å². The van der Waals surface area contributed by atoms with Crippen LogP contribution in [0.15, 0.2) is 53.5 Å². The van der Waals surface area contributed by atoms with Crippen LogP contribution in [0.5, 0.6) is 5.75 Å². The first-order valence-corrected chi connectivity index (χ1v) is 8.68. The number of aryl methyl sites for hydroxylation is 1. The predicted molar refractivity (Wildman–Crippen MR) is 107 cm³/mol. The van der Waals surface area contributed by atoms with Crippen molar-refractivity contribution in [3.05, 3.63) is 85.3 Å². The van der Waals surface area contributed by atoms with E-state index in [9.17, 15) is 14.9 Å². The minimum Gasteiger partial charge on any atom is -0.496 e. The number of ether oxygens (including phenoxy) is 1. The number of halogens is 1. The van der Waals surface area contributed by atoms with Gasteiger partial charge in [0.2, 0.25) is 0 Å². The number of nitro benzene ring substituents is 1. The molecule has 0 atom stereocenters. The van der Waals surface area contributed by atoms with Gasteiger partial charge in [0.15, 0.2) is 0 Å². The molecule has 0 unspecified atom stereocenters. The van der Waals surface area contributed by atoms with Gasteiger partial charge >= 0.3 is 0 Å². The van der Waals surface area contributed by atoms with E-state index in [2.05, 4.69) is 10.4 Å². The van der Waals surface area contributed by atoms with E-state index in [0.717, 1.165) is 21.6 Å². The van der Waals surface area contributed by atoms with Gasteiger partial charge in [0.25, 0.3) is 11.2 Å². The third-order valence-electron chi connectivity index (χ3n) is 4.17. The standard InChI is InChI=1S/C19H17ClN4O4/c1-12-9-13(3-8-17(12)28-2)10-21-16-11-22-23(19(25)18(16)20)14-4-6-15(7-5-14)24(26)27/h3-9,11,21H,10H2,1-2H3. The highest BCUT2D eigenvalue weighted by Gasteiger charge is 2.12. The van der Waals surface area contributed by atoms with E-state index in [1.807, 2.05) is 25.1 Å².